The van der Waals surface area contributed by atoms with Gasteiger partial charge in [-0.3, -0.25) is 5.10 Å². The number of rotatable bonds is 9. The zero-order chi connectivity index (χ0) is 21.8. The van der Waals surface area contributed by atoms with Crippen molar-refractivity contribution in [2.24, 2.45) is 0 Å². The molecule has 0 saturated carbocycles. The standard InChI is InChI=1S/C21H25N7O2S/c1-13(2)17-18-19(27-26-17)20(25-21(24-18)31-12-16(30)11-29)22-10-14-4-6-15(7-5-14)28-9-3-8-23-28/h3-9,13,16,29-30H,10-12H2,1-2H3,(H,26,27)(H,22,24,25). The molecule has 0 aliphatic carbocycles. The Balaban J connectivity index is 1.56. The number of hydrogen-bond acceptors (Lipinski definition) is 8. The monoisotopic (exact) mass is 439 g/mol. The van der Waals surface area contributed by atoms with Gasteiger partial charge < -0.3 is 15.5 Å². The average Bonchev–Trinajstić information content (AvgIpc) is 3.46. The van der Waals surface area contributed by atoms with Crippen LogP contribution in [0.3, 0.4) is 0 Å². The second-order valence-corrected chi connectivity index (χ2v) is 8.45. The molecule has 3 aromatic heterocycles. The van der Waals surface area contributed by atoms with Crippen LogP contribution in [0.1, 0.15) is 31.0 Å². The van der Waals surface area contributed by atoms with E-state index in [1.54, 1.807) is 6.20 Å². The summed E-state index contributed by atoms with van der Waals surface area (Å²) >= 11 is 1.30. The molecule has 1 unspecified atom stereocenters. The van der Waals surface area contributed by atoms with E-state index in [1.807, 2.05) is 41.2 Å². The van der Waals surface area contributed by atoms with Crippen LogP contribution in [0, 0.1) is 0 Å². The molecule has 1 atom stereocenters. The first kappa shape index (κ1) is 21.3. The van der Waals surface area contributed by atoms with E-state index in [0.717, 1.165) is 22.5 Å². The second-order valence-electron chi connectivity index (χ2n) is 7.46. The van der Waals surface area contributed by atoms with E-state index in [4.69, 9.17) is 5.11 Å². The van der Waals surface area contributed by atoms with Crippen LogP contribution >= 0.6 is 11.8 Å². The van der Waals surface area contributed by atoms with Crippen LogP contribution in [0.5, 0.6) is 0 Å². The van der Waals surface area contributed by atoms with Gasteiger partial charge in [-0.15, -0.1) is 0 Å². The number of nitrogens with zero attached hydrogens (tertiary/aromatic N) is 5. The van der Waals surface area contributed by atoms with E-state index in [2.05, 4.69) is 44.4 Å². The van der Waals surface area contributed by atoms with E-state index in [0.29, 0.717) is 28.8 Å². The summed E-state index contributed by atoms with van der Waals surface area (Å²) in [6.07, 6.45) is 2.84. The Morgan fingerprint density at radius 2 is 1.97 bits per heavy atom. The van der Waals surface area contributed by atoms with Gasteiger partial charge in [-0.2, -0.15) is 10.2 Å². The van der Waals surface area contributed by atoms with E-state index in [1.165, 1.54) is 11.8 Å². The zero-order valence-corrected chi connectivity index (χ0v) is 18.2. The summed E-state index contributed by atoms with van der Waals surface area (Å²) in [6.45, 7) is 4.42. The van der Waals surface area contributed by atoms with Crippen LogP contribution < -0.4 is 5.32 Å². The molecule has 0 fully saturated rings. The SMILES string of the molecule is CC(C)c1[nH]nc2c(NCc3ccc(-n4cccn4)cc3)nc(SCC(O)CO)nc12. The van der Waals surface area contributed by atoms with Gasteiger partial charge in [0, 0.05) is 24.7 Å². The lowest BCUT2D eigenvalue weighted by Gasteiger charge is -2.11. The van der Waals surface area contributed by atoms with Crippen LogP contribution in [-0.2, 0) is 6.54 Å². The van der Waals surface area contributed by atoms with Gasteiger partial charge in [-0.25, -0.2) is 14.6 Å². The van der Waals surface area contributed by atoms with Gasteiger partial charge in [-0.05, 0) is 29.7 Å². The normalized spacial score (nSPS) is 12.5. The molecule has 0 aliphatic rings. The summed E-state index contributed by atoms with van der Waals surface area (Å²) in [4.78, 5) is 9.24. The number of aliphatic hydroxyl groups is 2. The Labute approximate surface area is 183 Å². The number of aromatic nitrogens is 6. The number of fused-ring (bicyclic) bond motifs is 1. The molecule has 3 heterocycles. The Morgan fingerprint density at radius 3 is 2.65 bits per heavy atom. The Kier molecular flexibility index (Phi) is 6.50. The number of aromatic amines is 1. The number of nitrogens with one attached hydrogen (secondary N) is 2. The van der Waals surface area contributed by atoms with Gasteiger partial charge in [0.05, 0.1) is 24.1 Å². The maximum atomic E-state index is 9.68. The molecule has 162 valence electrons. The fraction of sp³-hybridized carbons (Fsp3) is 0.333. The summed E-state index contributed by atoms with van der Waals surface area (Å²) in [5.74, 6) is 1.17. The third kappa shape index (κ3) is 4.87. The van der Waals surface area contributed by atoms with Gasteiger partial charge in [0.1, 0.15) is 5.52 Å². The quantitative estimate of drug-likeness (QED) is 0.232. The van der Waals surface area contributed by atoms with Crippen LogP contribution in [0.4, 0.5) is 5.82 Å². The molecule has 10 heteroatoms. The number of thioether (sulfide) groups is 1. The molecule has 0 amide bonds. The lowest BCUT2D eigenvalue weighted by molar-refractivity contribution is 0.113. The van der Waals surface area contributed by atoms with Crippen molar-refractivity contribution in [3.8, 4) is 5.69 Å². The van der Waals surface area contributed by atoms with E-state index in [-0.39, 0.29) is 12.5 Å². The fourth-order valence-electron chi connectivity index (χ4n) is 3.08. The predicted octanol–water partition coefficient (Wildman–Crippen LogP) is 2.72. The number of benzene rings is 1. The Hall–Kier alpha value is -2.95. The number of aliphatic hydroxyl groups excluding tert-OH is 2. The van der Waals surface area contributed by atoms with Gasteiger partial charge in [0.15, 0.2) is 16.5 Å². The molecule has 4 rings (SSSR count). The second kappa shape index (κ2) is 9.46. The highest BCUT2D eigenvalue weighted by atomic mass is 32.2. The highest BCUT2D eigenvalue weighted by Crippen LogP contribution is 2.28. The molecule has 9 nitrogen and oxygen atoms in total. The zero-order valence-electron chi connectivity index (χ0n) is 17.4. The van der Waals surface area contributed by atoms with Crippen molar-refractivity contribution >= 4 is 28.6 Å². The van der Waals surface area contributed by atoms with Crippen LogP contribution in [0.2, 0.25) is 0 Å². The third-order valence-electron chi connectivity index (χ3n) is 4.76. The summed E-state index contributed by atoms with van der Waals surface area (Å²) in [7, 11) is 0. The van der Waals surface area contributed by atoms with Crippen molar-refractivity contribution in [1.29, 1.82) is 0 Å². The minimum Gasteiger partial charge on any atom is -0.394 e. The first-order valence-electron chi connectivity index (χ1n) is 10.1. The lowest BCUT2D eigenvalue weighted by atomic mass is 10.1. The molecule has 0 aliphatic heterocycles. The Bertz CT molecular complexity index is 1130. The summed E-state index contributed by atoms with van der Waals surface area (Å²) < 4.78 is 1.81. The van der Waals surface area contributed by atoms with Crippen molar-refractivity contribution in [1.82, 2.24) is 29.9 Å². The first-order valence-corrected chi connectivity index (χ1v) is 11.0. The molecule has 4 N–H and O–H groups in total. The van der Waals surface area contributed by atoms with E-state index < -0.39 is 6.10 Å². The Morgan fingerprint density at radius 1 is 1.16 bits per heavy atom. The fourth-order valence-corrected chi connectivity index (χ4v) is 3.84. The minimum absolute atomic E-state index is 0.225. The third-order valence-corrected chi connectivity index (χ3v) is 5.76. The van der Waals surface area contributed by atoms with E-state index in [9.17, 15) is 5.11 Å². The summed E-state index contributed by atoms with van der Waals surface area (Å²) in [6, 6.07) is 10.0. The lowest BCUT2D eigenvalue weighted by Crippen LogP contribution is -2.15. The van der Waals surface area contributed by atoms with Gasteiger partial charge in [0.2, 0.25) is 0 Å². The van der Waals surface area contributed by atoms with Crippen molar-refractivity contribution in [2.45, 2.75) is 37.6 Å². The van der Waals surface area contributed by atoms with Crippen molar-refractivity contribution in [3.63, 3.8) is 0 Å². The number of hydrogen-bond donors (Lipinski definition) is 4. The molecule has 0 radical (unpaired) electrons. The average molecular weight is 440 g/mol. The summed E-state index contributed by atoms with van der Waals surface area (Å²) in [5, 5.41) is 34.4. The van der Waals surface area contributed by atoms with Gasteiger partial charge >= 0.3 is 0 Å². The van der Waals surface area contributed by atoms with Crippen molar-refractivity contribution in [3.05, 3.63) is 54.0 Å². The number of anilines is 1. The maximum Gasteiger partial charge on any atom is 0.190 e. The van der Waals surface area contributed by atoms with Gasteiger partial charge in [0.25, 0.3) is 0 Å². The molecule has 0 bridgehead atoms. The smallest absolute Gasteiger partial charge is 0.190 e. The molecule has 4 aromatic rings. The highest BCUT2D eigenvalue weighted by molar-refractivity contribution is 7.99. The van der Waals surface area contributed by atoms with Crippen molar-refractivity contribution < 1.29 is 10.2 Å². The topological polar surface area (TPSA) is 125 Å². The molecular formula is C21H25N7O2S. The van der Waals surface area contributed by atoms with E-state index >= 15 is 0 Å². The first-order chi connectivity index (χ1) is 15.0. The molecular weight excluding hydrogens is 414 g/mol. The largest absolute Gasteiger partial charge is 0.394 e. The molecule has 1 aromatic carbocycles. The predicted molar refractivity (Wildman–Crippen MR) is 120 cm³/mol. The minimum atomic E-state index is -0.817. The van der Waals surface area contributed by atoms with Crippen molar-refractivity contribution in [2.75, 3.05) is 17.7 Å². The van der Waals surface area contributed by atoms with Crippen LogP contribution in [-0.4, -0.2) is 58.6 Å². The molecule has 31 heavy (non-hydrogen) atoms. The van der Waals surface area contributed by atoms with Crippen LogP contribution in [0.15, 0.2) is 47.9 Å². The summed E-state index contributed by atoms with van der Waals surface area (Å²) in [5.41, 5.74) is 4.47. The number of H-pyrrole nitrogens is 1. The maximum absolute atomic E-state index is 9.68. The molecule has 0 saturated heterocycles. The molecule has 0 spiro atoms. The van der Waals surface area contributed by atoms with Crippen LogP contribution in [0.25, 0.3) is 16.7 Å². The van der Waals surface area contributed by atoms with Gasteiger partial charge in [-0.1, -0.05) is 37.7 Å². The highest BCUT2D eigenvalue weighted by Gasteiger charge is 2.17.